The second kappa shape index (κ2) is 8.09. The third-order valence-corrected chi connectivity index (χ3v) is 3.89. The van der Waals surface area contributed by atoms with E-state index in [1.54, 1.807) is 0 Å². The number of unbranched alkanes of at least 4 members (excludes halogenated alkanes) is 1. The molecule has 0 unspecified atom stereocenters. The lowest BCUT2D eigenvalue weighted by Gasteiger charge is -2.34. The Balaban J connectivity index is 5.22. The number of carbonyl (C=O) groups is 2. The summed E-state index contributed by atoms with van der Waals surface area (Å²) >= 11 is 5.06. The first-order valence-electron chi connectivity index (χ1n) is 6.73. The predicted octanol–water partition coefficient (Wildman–Crippen LogP) is 1.19. The van der Waals surface area contributed by atoms with Gasteiger partial charge < -0.3 is 16.4 Å². The Morgan fingerprint density at radius 3 is 2.00 bits per heavy atom. The zero-order chi connectivity index (χ0) is 15.1. The third kappa shape index (κ3) is 4.45. The van der Waals surface area contributed by atoms with E-state index in [0.717, 1.165) is 12.8 Å². The molecular formula is C13H25N3O2S. The Morgan fingerprint density at radius 2 is 1.68 bits per heavy atom. The molecule has 0 aliphatic carbocycles. The van der Waals surface area contributed by atoms with Gasteiger partial charge in [0.15, 0.2) is 0 Å². The minimum Gasteiger partial charge on any atom is -0.392 e. The molecule has 0 aromatic heterocycles. The smallest absolute Gasteiger partial charge is 0.237 e. The number of carbonyl (C=O) groups excluding carboxylic acids is 2. The van der Waals surface area contributed by atoms with E-state index in [1.165, 1.54) is 4.90 Å². The number of hydrogen-bond donors (Lipinski definition) is 2. The number of nitrogens with two attached hydrogens (primary N) is 2. The quantitative estimate of drug-likeness (QED) is 0.623. The second-order valence-corrected chi connectivity index (χ2v) is 5.14. The van der Waals surface area contributed by atoms with Gasteiger partial charge in [-0.2, -0.15) is 0 Å². The summed E-state index contributed by atoms with van der Waals surface area (Å²) in [5.41, 5.74) is 10.1. The summed E-state index contributed by atoms with van der Waals surface area (Å²) in [4.78, 5) is 25.4. The fourth-order valence-corrected chi connectivity index (χ4v) is 2.47. The second-order valence-electron chi connectivity index (χ2n) is 4.70. The Kier molecular flexibility index (Phi) is 7.59. The van der Waals surface area contributed by atoms with Crippen molar-refractivity contribution in [2.45, 2.75) is 46.5 Å². The molecule has 0 atom stereocenters. The van der Waals surface area contributed by atoms with Crippen LogP contribution in [0.5, 0.6) is 0 Å². The van der Waals surface area contributed by atoms with E-state index >= 15 is 0 Å². The topological polar surface area (TPSA) is 89.4 Å². The molecule has 0 saturated heterocycles. The van der Waals surface area contributed by atoms with Gasteiger partial charge in [-0.15, -0.1) is 0 Å². The van der Waals surface area contributed by atoms with Crippen LogP contribution in [0.4, 0.5) is 0 Å². The van der Waals surface area contributed by atoms with Gasteiger partial charge in [0.2, 0.25) is 11.8 Å². The van der Waals surface area contributed by atoms with Gasteiger partial charge in [0, 0.05) is 6.54 Å². The summed E-state index contributed by atoms with van der Waals surface area (Å²) < 4.78 is 0. The highest BCUT2D eigenvalue weighted by Crippen LogP contribution is 2.29. The molecule has 0 aromatic rings. The van der Waals surface area contributed by atoms with Crippen LogP contribution >= 0.6 is 12.2 Å². The normalized spacial score (nSPS) is 11.1. The zero-order valence-corrected chi connectivity index (χ0v) is 12.9. The molecule has 2 amide bonds. The maximum Gasteiger partial charge on any atom is 0.237 e. The molecule has 4 N–H and O–H groups in total. The van der Waals surface area contributed by atoms with Gasteiger partial charge in [-0.1, -0.05) is 39.4 Å². The van der Waals surface area contributed by atoms with Crippen molar-refractivity contribution in [2.24, 2.45) is 16.9 Å². The molecule has 0 aromatic carbocycles. The van der Waals surface area contributed by atoms with E-state index in [-0.39, 0.29) is 17.4 Å². The molecule has 0 aliphatic heterocycles. The fraction of sp³-hybridized carbons (Fsp3) is 0.769. The van der Waals surface area contributed by atoms with Crippen molar-refractivity contribution in [3.05, 3.63) is 0 Å². The van der Waals surface area contributed by atoms with Crippen molar-refractivity contribution in [1.29, 1.82) is 0 Å². The van der Waals surface area contributed by atoms with E-state index in [1.807, 2.05) is 20.8 Å². The summed E-state index contributed by atoms with van der Waals surface area (Å²) in [5.74, 6) is -0.703. The first-order valence-corrected chi connectivity index (χ1v) is 7.14. The molecule has 0 bridgehead atoms. The van der Waals surface area contributed by atoms with Gasteiger partial charge in [-0.05, 0) is 19.3 Å². The van der Waals surface area contributed by atoms with Gasteiger partial charge in [0.25, 0.3) is 0 Å². The molecule has 6 heteroatoms. The monoisotopic (exact) mass is 287 g/mol. The van der Waals surface area contributed by atoms with Crippen LogP contribution in [0.3, 0.4) is 0 Å². The van der Waals surface area contributed by atoms with Gasteiger partial charge in [-0.25, -0.2) is 0 Å². The van der Waals surface area contributed by atoms with E-state index in [2.05, 4.69) is 0 Å². The number of primary amides is 1. The van der Waals surface area contributed by atoms with Crippen LogP contribution in [0.2, 0.25) is 0 Å². The lowest BCUT2D eigenvalue weighted by molar-refractivity contribution is -0.141. The van der Waals surface area contributed by atoms with Crippen molar-refractivity contribution < 1.29 is 9.59 Å². The Morgan fingerprint density at radius 1 is 1.16 bits per heavy atom. The van der Waals surface area contributed by atoms with Gasteiger partial charge >= 0.3 is 0 Å². The Hall–Kier alpha value is -1.17. The standard InChI is InChI=1S/C13H25N3O2S/c1-4-7-8-16(9-10(14)17)12(18)13(5-2,6-3)11(15)19/h4-9H2,1-3H3,(H2,14,17)(H2,15,19). The minimum atomic E-state index is -0.863. The van der Waals surface area contributed by atoms with Crippen LogP contribution in [0.1, 0.15) is 46.5 Å². The summed E-state index contributed by atoms with van der Waals surface area (Å²) in [6, 6.07) is 0. The highest BCUT2D eigenvalue weighted by atomic mass is 32.1. The number of nitrogens with zero attached hydrogens (tertiary/aromatic N) is 1. The predicted molar refractivity (Wildman–Crippen MR) is 80.5 cm³/mol. The molecule has 0 saturated carbocycles. The van der Waals surface area contributed by atoms with Crippen LogP contribution in [0.25, 0.3) is 0 Å². The van der Waals surface area contributed by atoms with Crippen LogP contribution in [0, 0.1) is 5.41 Å². The van der Waals surface area contributed by atoms with Crippen LogP contribution in [-0.4, -0.2) is 34.8 Å². The lowest BCUT2D eigenvalue weighted by Crippen LogP contribution is -2.52. The molecule has 0 spiro atoms. The van der Waals surface area contributed by atoms with Crippen molar-refractivity contribution in [3.8, 4) is 0 Å². The molecule has 5 nitrogen and oxygen atoms in total. The Bertz CT molecular complexity index is 341. The molecule has 0 rings (SSSR count). The number of rotatable bonds is 9. The van der Waals surface area contributed by atoms with Gasteiger partial charge in [0.05, 0.1) is 16.9 Å². The number of hydrogen-bond acceptors (Lipinski definition) is 3. The van der Waals surface area contributed by atoms with Gasteiger partial charge in [0.1, 0.15) is 0 Å². The minimum absolute atomic E-state index is 0.0802. The maximum atomic E-state index is 12.7. The highest BCUT2D eigenvalue weighted by Gasteiger charge is 2.41. The average Bonchev–Trinajstić information content (AvgIpc) is 2.35. The SMILES string of the molecule is CCCCN(CC(N)=O)C(=O)C(CC)(CC)C(N)=S. The molecule has 19 heavy (non-hydrogen) atoms. The largest absolute Gasteiger partial charge is 0.392 e. The zero-order valence-electron chi connectivity index (χ0n) is 12.1. The van der Waals surface area contributed by atoms with Crippen LogP contribution in [-0.2, 0) is 9.59 Å². The van der Waals surface area contributed by atoms with Crippen molar-refractivity contribution in [1.82, 2.24) is 4.90 Å². The summed E-state index contributed by atoms with van der Waals surface area (Å²) in [7, 11) is 0. The summed E-state index contributed by atoms with van der Waals surface area (Å²) in [5, 5.41) is 0. The first-order chi connectivity index (χ1) is 8.85. The van der Waals surface area contributed by atoms with Gasteiger partial charge in [-0.3, -0.25) is 9.59 Å². The van der Waals surface area contributed by atoms with Crippen molar-refractivity contribution in [2.75, 3.05) is 13.1 Å². The van der Waals surface area contributed by atoms with E-state index in [9.17, 15) is 9.59 Å². The van der Waals surface area contributed by atoms with E-state index in [0.29, 0.717) is 19.4 Å². The Labute approximate surface area is 120 Å². The van der Waals surface area contributed by atoms with Crippen molar-refractivity contribution in [3.63, 3.8) is 0 Å². The maximum absolute atomic E-state index is 12.7. The molecule has 0 aliphatic rings. The fourth-order valence-electron chi connectivity index (χ4n) is 2.10. The van der Waals surface area contributed by atoms with Crippen molar-refractivity contribution >= 4 is 29.0 Å². The van der Waals surface area contributed by atoms with Crippen LogP contribution in [0.15, 0.2) is 0 Å². The number of amides is 2. The molecule has 0 heterocycles. The molecule has 110 valence electrons. The highest BCUT2D eigenvalue weighted by molar-refractivity contribution is 7.80. The molecule has 0 radical (unpaired) electrons. The molecular weight excluding hydrogens is 262 g/mol. The summed E-state index contributed by atoms with van der Waals surface area (Å²) in [6.07, 6.45) is 2.80. The summed E-state index contributed by atoms with van der Waals surface area (Å²) in [6.45, 7) is 6.20. The van der Waals surface area contributed by atoms with E-state index in [4.69, 9.17) is 23.7 Å². The third-order valence-electron chi connectivity index (χ3n) is 3.50. The molecule has 0 fully saturated rings. The van der Waals surface area contributed by atoms with E-state index < -0.39 is 11.3 Å². The first kappa shape index (κ1) is 17.8. The average molecular weight is 287 g/mol. The lowest BCUT2D eigenvalue weighted by atomic mass is 9.80. The number of thiocarbonyl (C=S) groups is 1. The van der Waals surface area contributed by atoms with Crippen LogP contribution < -0.4 is 11.5 Å².